The van der Waals surface area contributed by atoms with Gasteiger partial charge in [-0.15, -0.1) is 0 Å². The number of rotatable bonds is 5. The minimum atomic E-state index is -0.820. The highest BCUT2D eigenvalue weighted by atomic mass is 79.9. The smallest absolute Gasteiger partial charge is 0.331 e. The van der Waals surface area contributed by atoms with Crippen molar-refractivity contribution in [2.24, 2.45) is 0 Å². The molecule has 1 aliphatic rings. The van der Waals surface area contributed by atoms with Gasteiger partial charge in [-0.3, -0.25) is 24.6 Å². The highest BCUT2D eigenvalue weighted by molar-refractivity contribution is 9.10. The van der Waals surface area contributed by atoms with Crippen molar-refractivity contribution in [3.63, 3.8) is 0 Å². The summed E-state index contributed by atoms with van der Waals surface area (Å²) in [6.07, 6.45) is 4.48. The van der Waals surface area contributed by atoms with Gasteiger partial charge in [-0.25, -0.2) is 4.79 Å². The number of halogens is 1. The maximum absolute atomic E-state index is 13.0. The number of furan rings is 1. The average molecular weight is 486 g/mol. The van der Waals surface area contributed by atoms with Crippen LogP contribution in [0, 0.1) is 0 Å². The number of benzene rings is 1. The SMILES string of the molecule is COC(=O)Cn1cc(/C=C2\C(=O)NC(=O)N(Cc3ccco3)C2=O)c2cc(Br)ccc21. The van der Waals surface area contributed by atoms with E-state index in [9.17, 15) is 19.2 Å². The second-order valence-electron chi connectivity index (χ2n) is 6.74. The molecule has 2 aromatic heterocycles. The molecule has 1 aromatic carbocycles. The molecule has 1 fully saturated rings. The summed E-state index contributed by atoms with van der Waals surface area (Å²) in [6, 6.07) is 7.87. The summed E-state index contributed by atoms with van der Waals surface area (Å²) in [5.41, 5.74) is 1.04. The quantitative estimate of drug-likeness (QED) is 0.338. The van der Waals surface area contributed by atoms with Gasteiger partial charge in [-0.1, -0.05) is 15.9 Å². The Bertz CT molecular complexity index is 1240. The molecule has 4 amide bonds. The second-order valence-corrected chi connectivity index (χ2v) is 7.65. The Morgan fingerprint density at radius 1 is 1.26 bits per heavy atom. The summed E-state index contributed by atoms with van der Waals surface area (Å²) in [5.74, 6) is -1.58. The normalized spacial score (nSPS) is 15.6. The van der Waals surface area contributed by atoms with E-state index in [0.29, 0.717) is 22.2 Å². The summed E-state index contributed by atoms with van der Waals surface area (Å²) in [4.78, 5) is 50.3. The van der Waals surface area contributed by atoms with Gasteiger partial charge in [0.2, 0.25) is 0 Å². The van der Waals surface area contributed by atoms with E-state index in [1.165, 1.54) is 19.4 Å². The number of nitrogens with zero attached hydrogens (tertiary/aromatic N) is 2. The highest BCUT2D eigenvalue weighted by Crippen LogP contribution is 2.28. The predicted molar refractivity (Wildman–Crippen MR) is 112 cm³/mol. The van der Waals surface area contributed by atoms with Crippen LogP contribution in [-0.2, 0) is 32.2 Å². The molecule has 3 aromatic rings. The Balaban J connectivity index is 1.76. The van der Waals surface area contributed by atoms with Crippen molar-refractivity contribution in [1.82, 2.24) is 14.8 Å². The molecule has 0 spiro atoms. The standard InChI is InChI=1S/C21H16BrN3O6/c1-30-18(26)11-24-9-12(15-8-13(22)4-5-17(15)24)7-16-19(27)23-21(29)25(20(16)28)10-14-3-2-6-31-14/h2-9H,10-11H2,1H3,(H,23,27,29)/b16-7+. The number of fused-ring (bicyclic) bond motifs is 1. The predicted octanol–water partition coefficient (Wildman–Crippen LogP) is 2.83. The van der Waals surface area contributed by atoms with Crippen LogP contribution in [0.1, 0.15) is 11.3 Å². The maximum atomic E-state index is 13.0. The first-order valence-electron chi connectivity index (χ1n) is 9.14. The summed E-state index contributed by atoms with van der Waals surface area (Å²) in [6.45, 7) is -0.154. The summed E-state index contributed by atoms with van der Waals surface area (Å²) >= 11 is 3.41. The molecule has 0 radical (unpaired) electrons. The van der Waals surface area contributed by atoms with Gasteiger partial charge in [-0.05, 0) is 36.4 Å². The molecule has 0 bridgehead atoms. The van der Waals surface area contributed by atoms with Crippen molar-refractivity contribution in [2.75, 3.05) is 7.11 Å². The number of carbonyl (C=O) groups is 4. The van der Waals surface area contributed by atoms with E-state index in [1.54, 1.807) is 29.0 Å². The van der Waals surface area contributed by atoms with E-state index in [0.717, 1.165) is 9.37 Å². The lowest BCUT2D eigenvalue weighted by atomic mass is 10.1. The zero-order valence-electron chi connectivity index (χ0n) is 16.3. The number of carbonyl (C=O) groups excluding carboxylic acids is 4. The molecule has 0 aliphatic carbocycles. The van der Waals surface area contributed by atoms with E-state index in [2.05, 4.69) is 21.2 Å². The van der Waals surface area contributed by atoms with Crippen LogP contribution in [0.5, 0.6) is 0 Å². The molecule has 158 valence electrons. The molecule has 9 nitrogen and oxygen atoms in total. The summed E-state index contributed by atoms with van der Waals surface area (Å²) in [5, 5.41) is 2.89. The molecule has 0 atom stereocenters. The van der Waals surface area contributed by atoms with Gasteiger partial charge in [0, 0.05) is 27.1 Å². The number of urea groups is 1. The van der Waals surface area contributed by atoms with Crippen LogP contribution in [0.4, 0.5) is 4.79 Å². The maximum Gasteiger partial charge on any atom is 0.331 e. The third kappa shape index (κ3) is 4.02. The molecular formula is C21H16BrN3O6. The zero-order valence-corrected chi connectivity index (χ0v) is 17.8. The van der Waals surface area contributed by atoms with Crippen molar-refractivity contribution in [3.05, 3.63) is 64.2 Å². The van der Waals surface area contributed by atoms with Gasteiger partial charge in [0.1, 0.15) is 17.9 Å². The fourth-order valence-electron chi connectivity index (χ4n) is 3.30. The van der Waals surface area contributed by atoms with Crippen LogP contribution in [0.25, 0.3) is 17.0 Å². The lowest BCUT2D eigenvalue weighted by Gasteiger charge is -2.25. The number of nitrogens with one attached hydrogen (secondary N) is 1. The zero-order chi connectivity index (χ0) is 22.1. The molecule has 1 aliphatic heterocycles. The van der Waals surface area contributed by atoms with Crippen molar-refractivity contribution in [2.45, 2.75) is 13.1 Å². The van der Waals surface area contributed by atoms with E-state index < -0.39 is 23.8 Å². The molecule has 0 saturated carbocycles. The number of amides is 4. The van der Waals surface area contributed by atoms with E-state index in [1.807, 2.05) is 12.1 Å². The van der Waals surface area contributed by atoms with Crippen LogP contribution in [-0.4, -0.2) is 40.4 Å². The molecule has 10 heteroatoms. The summed E-state index contributed by atoms with van der Waals surface area (Å²) in [7, 11) is 1.29. The lowest BCUT2D eigenvalue weighted by Crippen LogP contribution is -2.53. The van der Waals surface area contributed by atoms with Crippen LogP contribution in [0.15, 0.2) is 57.3 Å². The Morgan fingerprint density at radius 2 is 2.06 bits per heavy atom. The number of barbiturate groups is 1. The minimum absolute atomic E-state index is 0.0406. The van der Waals surface area contributed by atoms with Crippen LogP contribution in [0.3, 0.4) is 0 Å². The van der Waals surface area contributed by atoms with Gasteiger partial charge in [0.25, 0.3) is 11.8 Å². The number of ether oxygens (including phenoxy) is 1. The van der Waals surface area contributed by atoms with Crippen molar-refractivity contribution < 1.29 is 28.3 Å². The molecule has 4 rings (SSSR count). The van der Waals surface area contributed by atoms with Crippen molar-refractivity contribution >= 4 is 56.7 Å². The van der Waals surface area contributed by atoms with Gasteiger partial charge in [0.05, 0.1) is 19.9 Å². The second kappa shape index (κ2) is 8.23. The fraction of sp³-hybridized carbons (Fsp3) is 0.143. The Hall–Kier alpha value is -3.66. The van der Waals surface area contributed by atoms with Crippen molar-refractivity contribution in [1.29, 1.82) is 0 Å². The van der Waals surface area contributed by atoms with E-state index in [-0.39, 0.29) is 18.7 Å². The number of aromatic nitrogens is 1. The molecule has 0 unspecified atom stereocenters. The van der Waals surface area contributed by atoms with Gasteiger partial charge >= 0.3 is 12.0 Å². The Morgan fingerprint density at radius 3 is 2.77 bits per heavy atom. The van der Waals surface area contributed by atoms with E-state index >= 15 is 0 Å². The highest BCUT2D eigenvalue weighted by Gasteiger charge is 2.36. The van der Waals surface area contributed by atoms with Crippen LogP contribution < -0.4 is 5.32 Å². The largest absolute Gasteiger partial charge is 0.468 e. The number of hydrogen-bond acceptors (Lipinski definition) is 6. The van der Waals surface area contributed by atoms with Crippen LogP contribution in [0.2, 0.25) is 0 Å². The lowest BCUT2D eigenvalue weighted by molar-refractivity contribution is -0.141. The van der Waals surface area contributed by atoms with Gasteiger partial charge in [0.15, 0.2) is 0 Å². The van der Waals surface area contributed by atoms with Gasteiger partial charge in [-0.2, -0.15) is 0 Å². The minimum Gasteiger partial charge on any atom is -0.468 e. The number of hydrogen-bond donors (Lipinski definition) is 1. The van der Waals surface area contributed by atoms with Crippen molar-refractivity contribution in [3.8, 4) is 0 Å². The van der Waals surface area contributed by atoms with Crippen LogP contribution >= 0.6 is 15.9 Å². The number of methoxy groups -OCH3 is 1. The third-order valence-electron chi connectivity index (χ3n) is 4.78. The third-order valence-corrected chi connectivity index (χ3v) is 5.27. The average Bonchev–Trinajstić information content (AvgIpc) is 3.36. The Labute approximate surface area is 184 Å². The molecule has 1 saturated heterocycles. The topological polar surface area (TPSA) is 111 Å². The van der Waals surface area contributed by atoms with Gasteiger partial charge < -0.3 is 13.7 Å². The number of imide groups is 2. The summed E-state index contributed by atoms with van der Waals surface area (Å²) < 4.78 is 12.4. The monoisotopic (exact) mass is 485 g/mol. The number of esters is 1. The first kappa shape index (κ1) is 20.6. The van der Waals surface area contributed by atoms with E-state index in [4.69, 9.17) is 9.15 Å². The molecule has 1 N–H and O–H groups in total. The first-order valence-corrected chi connectivity index (χ1v) is 9.93. The fourth-order valence-corrected chi connectivity index (χ4v) is 3.66. The first-order chi connectivity index (χ1) is 14.9. The molecular weight excluding hydrogens is 470 g/mol. The Kier molecular flexibility index (Phi) is 5.47. The molecule has 31 heavy (non-hydrogen) atoms. The molecule has 3 heterocycles.